The molecule has 0 fully saturated rings. The lowest BCUT2D eigenvalue weighted by molar-refractivity contribution is -0.118. The van der Waals surface area contributed by atoms with Crippen LogP contribution in [0.4, 0.5) is 0 Å². The number of aryl methyl sites for hydroxylation is 2. The molecule has 0 aliphatic rings. The number of thioether (sulfide) groups is 1. The molecule has 1 N–H and O–H groups in total. The molecule has 0 saturated heterocycles. The summed E-state index contributed by atoms with van der Waals surface area (Å²) in [6.07, 6.45) is 0.809. The third kappa shape index (κ3) is 5.12. The van der Waals surface area contributed by atoms with E-state index < -0.39 is 0 Å². The molecule has 0 spiro atoms. The van der Waals surface area contributed by atoms with Crippen LogP contribution in [-0.4, -0.2) is 53.1 Å². The van der Waals surface area contributed by atoms with Crippen molar-refractivity contribution in [3.63, 3.8) is 0 Å². The minimum Gasteiger partial charge on any atom is -0.496 e. The number of hydrogen-bond acceptors (Lipinski definition) is 6. The normalized spacial score (nSPS) is 11.1. The summed E-state index contributed by atoms with van der Waals surface area (Å²) in [7, 11) is 1.66. The highest BCUT2D eigenvalue weighted by Gasteiger charge is 2.19. The fraction of sp³-hybridized carbons (Fsp3) is 0.409. The van der Waals surface area contributed by atoms with Gasteiger partial charge in [-0.05, 0) is 39.3 Å². The number of nitrogens with one attached hydrogen (secondary N) is 1. The van der Waals surface area contributed by atoms with E-state index in [1.165, 1.54) is 11.8 Å². The summed E-state index contributed by atoms with van der Waals surface area (Å²) in [4.78, 5) is 16.9. The van der Waals surface area contributed by atoms with Gasteiger partial charge < -0.3 is 14.8 Å². The lowest BCUT2D eigenvalue weighted by atomic mass is 10.1. The maximum atomic E-state index is 12.2. The van der Waals surface area contributed by atoms with Crippen molar-refractivity contribution in [1.29, 1.82) is 0 Å². The Balaban J connectivity index is 1.81. The summed E-state index contributed by atoms with van der Waals surface area (Å²) in [5.41, 5.74) is 4.39. The Kier molecular flexibility index (Phi) is 7.70. The standard InChI is InChI=1S/C22H28N4O3S/c1-5-29-12-8-11-23-19(27)14-30-20-13-15(2)24-22-21(16(3)25-26(20)22)17-9-6-7-10-18(17)28-4/h6-7,9-10,13H,5,8,11-12,14H2,1-4H3,(H,23,27). The molecular formula is C22H28N4O3S. The predicted octanol–water partition coefficient (Wildman–Crippen LogP) is 3.66. The average Bonchev–Trinajstić information content (AvgIpc) is 3.07. The summed E-state index contributed by atoms with van der Waals surface area (Å²) in [5.74, 6) is 1.09. The summed E-state index contributed by atoms with van der Waals surface area (Å²) in [6, 6.07) is 9.81. The minimum atomic E-state index is -0.00653. The molecule has 0 radical (unpaired) electrons. The average molecular weight is 429 g/mol. The molecule has 0 aliphatic carbocycles. The Hall–Kier alpha value is -2.58. The zero-order valence-electron chi connectivity index (χ0n) is 17.9. The highest BCUT2D eigenvalue weighted by Crippen LogP contribution is 2.35. The number of aromatic nitrogens is 3. The maximum Gasteiger partial charge on any atom is 0.230 e. The van der Waals surface area contributed by atoms with Gasteiger partial charge in [0, 0.05) is 31.0 Å². The van der Waals surface area contributed by atoms with Gasteiger partial charge in [0.05, 0.1) is 24.1 Å². The molecule has 8 heteroatoms. The van der Waals surface area contributed by atoms with E-state index in [2.05, 4.69) is 5.32 Å². The molecule has 2 heterocycles. The molecule has 2 aromatic heterocycles. The van der Waals surface area contributed by atoms with Gasteiger partial charge >= 0.3 is 0 Å². The van der Waals surface area contributed by atoms with Gasteiger partial charge in [0.1, 0.15) is 10.8 Å². The molecule has 7 nitrogen and oxygen atoms in total. The van der Waals surface area contributed by atoms with Gasteiger partial charge in [-0.1, -0.05) is 30.0 Å². The molecule has 1 aromatic carbocycles. The van der Waals surface area contributed by atoms with Crippen molar-refractivity contribution in [3.8, 4) is 16.9 Å². The largest absolute Gasteiger partial charge is 0.496 e. The van der Waals surface area contributed by atoms with E-state index >= 15 is 0 Å². The zero-order chi connectivity index (χ0) is 21.5. The van der Waals surface area contributed by atoms with Gasteiger partial charge in [0.25, 0.3) is 0 Å². The van der Waals surface area contributed by atoms with Gasteiger partial charge in [0.2, 0.25) is 5.91 Å². The molecule has 1 amide bonds. The topological polar surface area (TPSA) is 77.8 Å². The van der Waals surface area contributed by atoms with Crippen LogP contribution in [0.15, 0.2) is 35.4 Å². The molecule has 160 valence electrons. The number of rotatable bonds is 10. The van der Waals surface area contributed by atoms with Crippen molar-refractivity contribution in [2.45, 2.75) is 32.2 Å². The van der Waals surface area contributed by atoms with Crippen molar-refractivity contribution < 1.29 is 14.3 Å². The van der Waals surface area contributed by atoms with Crippen LogP contribution < -0.4 is 10.1 Å². The van der Waals surface area contributed by atoms with Gasteiger partial charge in [-0.3, -0.25) is 4.79 Å². The van der Waals surface area contributed by atoms with E-state index in [9.17, 15) is 4.79 Å². The fourth-order valence-corrected chi connectivity index (χ4v) is 4.10. The van der Waals surface area contributed by atoms with Gasteiger partial charge in [-0.25, -0.2) is 9.50 Å². The van der Waals surface area contributed by atoms with E-state index in [0.717, 1.165) is 45.4 Å². The molecule has 0 unspecified atom stereocenters. The number of amides is 1. The van der Waals surface area contributed by atoms with Gasteiger partial charge in [-0.2, -0.15) is 5.10 Å². The number of ether oxygens (including phenoxy) is 2. The number of hydrogen-bond donors (Lipinski definition) is 1. The second-order valence-electron chi connectivity index (χ2n) is 6.82. The Bertz CT molecular complexity index is 1020. The van der Waals surface area contributed by atoms with Crippen LogP contribution in [-0.2, 0) is 9.53 Å². The van der Waals surface area contributed by atoms with Crippen LogP contribution >= 0.6 is 11.8 Å². The van der Waals surface area contributed by atoms with E-state index in [4.69, 9.17) is 19.6 Å². The quantitative estimate of drug-likeness (QED) is 0.302. The van der Waals surface area contributed by atoms with Crippen LogP contribution in [0.3, 0.4) is 0 Å². The Morgan fingerprint density at radius 3 is 2.83 bits per heavy atom. The van der Waals surface area contributed by atoms with E-state index in [1.807, 2.05) is 55.6 Å². The summed E-state index contributed by atoms with van der Waals surface area (Å²) in [6.45, 7) is 7.84. The van der Waals surface area contributed by atoms with Crippen LogP contribution in [0.5, 0.6) is 5.75 Å². The number of carbonyl (C=O) groups excluding carboxylic acids is 1. The van der Waals surface area contributed by atoms with Crippen LogP contribution in [0, 0.1) is 13.8 Å². The van der Waals surface area contributed by atoms with Crippen LogP contribution in [0.25, 0.3) is 16.8 Å². The zero-order valence-corrected chi connectivity index (χ0v) is 18.7. The van der Waals surface area contributed by atoms with Crippen LogP contribution in [0.2, 0.25) is 0 Å². The number of fused-ring (bicyclic) bond motifs is 1. The highest BCUT2D eigenvalue weighted by molar-refractivity contribution is 7.99. The third-order valence-corrected chi connectivity index (χ3v) is 5.57. The lowest BCUT2D eigenvalue weighted by Gasteiger charge is -2.09. The third-order valence-electron chi connectivity index (χ3n) is 4.58. The Morgan fingerprint density at radius 2 is 2.07 bits per heavy atom. The number of para-hydroxylation sites is 1. The molecule has 0 atom stereocenters. The SMILES string of the molecule is CCOCCCNC(=O)CSc1cc(C)nc2c(-c3ccccc3OC)c(C)nn12. The monoisotopic (exact) mass is 428 g/mol. The van der Waals surface area contributed by atoms with Crippen molar-refractivity contribution in [3.05, 3.63) is 41.7 Å². The summed E-state index contributed by atoms with van der Waals surface area (Å²) in [5, 5.41) is 8.52. The maximum absolute atomic E-state index is 12.2. The number of carbonyl (C=O) groups is 1. The van der Waals surface area contributed by atoms with E-state index in [-0.39, 0.29) is 5.91 Å². The minimum absolute atomic E-state index is 0.00653. The van der Waals surface area contributed by atoms with E-state index in [0.29, 0.717) is 25.5 Å². The van der Waals surface area contributed by atoms with Gasteiger partial charge in [0.15, 0.2) is 5.65 Å². The first-order chi connectivity index (χ1) is 14.5. The molecule has 3 rings (SSSR count). The molecule has 0 saturated carbocycles. The molecule has 30 heavy (non-hydrogen) atoms. The van der Waals surface area contributed by atoms with Crippen molar-refractivity contribution >= 4 is 23.3 Å². The Labute approximate surface area is 181 Å². The predicted molar refractivity (Wildman–Crippen MR) is 119 cm³/mol. The van der Waals surface area contributed by atoms with Crippen molar-refractivity contribution in [1.82, 2.24) is 19.9 Å². The first-order valence-corrected chi connectivity index (χ1v) is 11.0. The van der Waals surface area contributed by atoms with Crippen molar-refractivity contribution in [2.24, 2.45) is 0 Å². The smallest absolute Gasteiger partial charge is 0.230 e. The molecule has 0 aliphatic heterocycles. The molecule has 3 aromatic rings. The summed E-state index contributed by atoms with van der Waals surface area (Å²) < 4.78 is 12.6. The highest BCUT2D eigenvalue weighted by atomic mass is 32.2. The lowest BCUT2D eigenvalue weighted by Crippen LogP contribution is -2.27. The second kappa shape index (κ2) is 10.4. The second-order valence-corrected chi connectivity index (χ2v) is 7.82. The number of nitrogens with zero attached hydrogens (tertiary/aromatic N) is 3. The van der Waals surface area contributed by atoms with Crippen LogP contribution in [0.1, 0.15) is 24.7 Å². The number of benzene rings is 1. The molecule has 0 bridgehead atoms. The van der Waals surface area contributed by atoms with Gasteiger partial charge in [-0.15, -0.1) is 0 Å². The molecular weight excluding hydrogens is 400 g/mol. The number of methoxy groups -OCH3 is 1. The first kappa shape index (κ1) is 22.1. The fourth-order valence-electron chi connectivity index (χ4n) is 3.22. The Morgan fingerprint density at radius 1 is 1.27 bits per heavy atom. The van der Waals surface area contributed by atoms with E-state index in [1.54, 1.807) is 7.11 Å². The van der Waals surface area contributed by atoms with Crippen molar-refractivity contribution in [2.75, 3.05) is 32.6 Å². The first-order valence-electron chi connectivity index (χ1n) is 10.0. The summed E-state index contributed by atoms with van der Waals surface area (Å²) >= 11 is 1.45.